The molecular formula is C16H15ClN6O. The van der Waals surface area contributed by atoms with E-state index >= 15 is 0 Å². The van der Waals surface area contributed by atoms with Gasteiger partial charge in [0.25, 0.3) is 11.8 Å². The second-order valence-electron chi connectivity index (χ2n) is 5.47. The zero-order valence-electron chi connectivity index (χ0n) is 12.8. The van der Waals surface area contributed by atoms with E-state index in [9.17, 15) is 0 Å². The molecule has 4 rings (SSSR count). The summed E-state index contributed by atoms with van der Waals surface area (Å²) in [6.45, 7) is 1.90. The number of nitrogens with one attached hydrogen (secondary N) is 1. The van der Waals surface area contributed by atoms with Crippen LogP contribution in [0.2, 0.25) is 5.02 Å². The van der Waals surface area contributed by atoms with Crippen molar-refractivity contribution in [3.63, 3.8) is 0 Å². The highest BCUT2D eigenvalue weighted by Gasteiger charge is 2.20. The average Bonchev–Trinajstić information content (AvgIpc) is 3.28. The van der Waals surface area contributed by atoms with E-state index in [1.807, 2.05) is 30.3 Å². The van der Waals surface area contributed by atoms with Gasteiger partial charge in [-0.05, 0) is 30.1 Å². The molecular weight excluding hydrogens is 328 g/mol. The molecule has 1 aromatic carbocycles. The molecule has 2 aromatic heterocycles. The number of para-hydroxylation sites is 1. The Labute approximate surface area is 143 Å². The summed E-state index contributed by atoms with van der Waals surface area (Å²) in [5.74, 6) is 1.26. The largest absolute Gasteiger partial charge is 0.341 e. The molecule has 0 radical (unpaired) electrons. The number of halogens is 1. The molecule has 0 unspecified atom stereocenters. The Morgan fingerprint density at radius 1 is 1.08 bits per heavy atom. The van der Waals surface area contributed by atoms with Gasteiger partial charge in [0, 0.05) is 18.8 Å². The van der Waals surface area contributed by atoms with Crippen molar-refractivity contribution in [2.75, 3.05) is 23.3 Å². The Morgan fingerprint density at radius 2 is 1.88 bits per heavy atom. The molecule has 122 valence electrons. The third-order valence-electron chi connectivity index (χ3n) is 3.78. The van der Waals surface area contributed by atoms with E-state index in [-0.39, 0.29) is 5.89 Å². The first-order valence-electron chi connectivity index (χ1n) is 7.73. The van der Waals surface area contributed by atoms with Crippen molar-refractivity contribution in [2.24, 2.45) is 0 Å². The first-order valence-corrected chi connectivity index (χ1v) is 8.11. The van der Waals surface area contributed by atoms with E-state index in [4.69, 9.17) is 16.1 Å². The van der Waals surface area contributed by atoms with Gasteiger partial charge >= 0.3 is 0 Å². The van der Waals surface area contributed by atoms with Crippen molar-refractivity contribution in [3.8, 4) is 11.6 Å². The molecule has 1 fully saturated rings. The van der Waals surface area contributed by atoms with Crippen LogP contribution in [0.15, 0.2) is 41.1 Å². The highest BCUT2D eigenvalue weighted by atomic mass is 35.5. The summed E-state index contributed by atoms with van der Waals surface area (Å²) in [5, 5.41) is 7.38. The van der Waals surface area contributed by atoms with E-state index in [2.05, 4.69) is 30.3 Å². The minimum Gasteiger partial charge on any atom is -0.341 e. The predicted molar refractivity (Wildman–Crippen MR) is 91.5 cm³/mol. The van der Waals surface area contributed by atoms with Gasteiger partial charge in [0.1, 0.15) is 0 Å². The quantitative estimate of drug-likeness (QED) is 0.776. The van der Waals surface area contributed by atoms with Gasteiger partial charge in [-0.2, -0.15) is 4.98 Å². The SMILES string of the molecule is Clc1cnc(N2CCCC2)nc1-c1nc(Nc2ccccc2)no1. The predicted octanol–water partition coefficient (Wildman–Crippen LogP) is 3.52. The minimum absolute atomic E-state index is 0.265. The number of nitrogens with zero attached hydrogens (tertiary/aromatic N) is 5. The summed E-state index contributed by atoms with van der Waals surface area (Å²) in [6, 6.07) is 9.62. The fourth-order valence-electron chi connectivity index (χ4n) is 2.60. The molecule has 3 aromatic rings. The average molecular weight is 343 g/mol. The van der Waals surface area contributed by atoms with Crippen LogP contribution in [0.4, 0.5) is 17.6 Å². The number of hydrogen-bond acceptors (Lipinski definition) is 7. The molecule has 0 aliphatic carbocycles. The fourth-order valence-corrected chi connectivity index (χ4v) is 2.77. The maximum atomic E-state index is 6.22. The molecule has 8 heteroatoms. The molecule has 0 bridgehead atoms. The molecule has 0 atom stereocenters. The number of hydrogen-bond donors (Lipinski definition) is 1. The van der Waals surface area contributed by atoms with E-state index in [0.29, 0.717) is 22.6 Å². The standard InChI is InChI=1S/C16H15ClN6O/c17-12-10-18-16(23-8-4-5-9-23)20-13(12)14-21-15(22-24-14)19-11-6-2-1-3-7-11/h1-3,6-7,10H,4-5,8-9H2,(H,19,22). The molecule has 0 spiro atoms. The van der Waals surface area contributed by atoms with Crippen molar-refractivity contribution in [3.05, 3.63) is 41.6 Å². The molecule has 7 nitrogen and oxygen atoms in total. The Kier molecular flexibility index (Phi) is 4.00. The van der Waals surface area contributed by atoms with Crippen LogP contribution in [-0.2, 0) is 0 Å². The summed E-state index contributed by atoms with van der Waals surface area (Å²) in [5.41, 5.74) is 1.32. The molecule has 0 amide bonds. The zero-order chi connectivity index (χ0) is 16.4. The lowest BCUT2D eigenvalue weighted by Gasteiger charge is -2.15. The lowest BCUT2D eigenvalue weighted by Crippen LogP contribution is -2.20. The third kappa shape index (κ3) is 3.03. The van der Waals surface area contributed by atoms with E-state index in [1.165, 1.54) is 0 Å². The fraction of sp³-hybridized carbons (Fsp3) is 0.250. The first-order chi connectivity index (χ1) is 11.8. The van der Waals surface area contributed by atoms with Crippen molar-refractivity contribution in [1.29, 1.82) is 0 Å². The second-order valence-corrected chi connectivity index (χ2v) is 5.88. The van der Waals surface area contributed by atoms with E-state index in [0.717, 1.165) is 31.6 Å². The van der Waals surface area contributed by atoms with Gasteiger partial charge in [-0.25, -0.2) is 9.97 Å². The molecule has 24 heavy (non-hydrogen) atoms. The number of benzene rings is 1. The Morgan fingerprint density at radius 3 is 2.67 bits per heavy atom. The molecule has 1 N–H and O–H groups in total. The number of anilines is 3. The summed E-state index contributed by atoms with van der Waals surface area (Å²) < 4.78 is 5.30. The van der Waals surface area contributed by atoms with Crippen LogP contribution >= 0.6 is 11.6 Å². The zero-order valence-corrected chi connectivity index (χ0v) is 13.6. The van der Waals surface area contributed by atoms with Crippen LogP contribution in [0.5, 0.6) is 0 Å². The van der Waals surface area contributed by atoms with Gasteiger partial charge in [-0.1, -0.05) is 29.8 Å². The van der Waals surface area contributed by atoms with Gasteiger partial charge in [0.05, 0.1) is 11.2 Å². The van der Waals surface area contributed by atoms with Crippen molar-refractivity contribution in [1.82, 2.24) is 20.1 Å². The van der Waals surface area contributed by atoms with Crippen LogP contribution in [0.1, 0.15) is 12.8 Å². The molecule has 1 aliphatic heterocycles. The summed E-state index contributed by atoms with van der Waals surface area (Å²) in [6.07, 6.45) is 3.87. The summed E-state index contributed by atoms with van der Waals surface area (Å²) >= 11 is 6.22. The second kappa shape index (κ2) is 6.45. The van der Waals surface area contributed by atoms with Crippen LogP contribution in [0.3, 0.4) is 0 Å². The van der Waals surface area contributed by atoms with Crippen LogP contribution in [0.25, 0.3) is 11.6 Å². The summed E-state index contributed by atoms with van der Waals surface area (Å²) in [7, 11) is 0. The summed E-state index contributed by atoms with van der Waals surface area (Å²) in [4.78, 5) is 15.2. The van der Waals surface area contributed by atoms with Gasteiger partial charge in [-0.15, -0.1) is 0 Å². The Bertz CT molecular complexity index is 832. The molecule has 0 saturated carbocycles. The first kappa shape index (κ1) is 14.9. The Balaban J connectivity index is 1.60. The van der Waals surface area contributed by atoms with Crippen LogP contribution in [-0.4, -0.2) is 33.2 Å². The number of aromatic nitrogens is 4. The lowest BCUT2D eigenvalue weighted by molar-refractivity contribution is 0.431. The van der Waals surface area contributed by atoms with Crippen LogP contribution < -0.4 is 10.2 Å². The van der Waals surface area contributed by atoms with Crippen molar-refractivity contribution < 1.29 is 4.52 Å². The highest BCUT2D eigenvalue weighted by molar-refractivity contribution is 6.32. The van der Waals surface area contributed by atoms with Gasteiger partial charge in [-0.3, -0.25) is 0 Å². The molecule has 1 aliphatic rings. The number of rotatable bonds is 4. The highest BCUT2D eigenvalue weighted by Crippen LogP contribution is 2.28. The molecule has 1 saturated heterocycles. The van der Waals surface area contributed by atoms with Gasteiger partial charge in [0.2, 0.25) is 5.95 Å². The Hall–Kier alpha value is -2.67. The van der Waals surface area contributed by atoms with Crippen LogP contribution in [0, 0.1) is 0 Å². The topological polar surface area (TPSA) is 80.0 Å². The maximum Gasteiger partial charge on any atom is 0.279 e. The monoisotopic (exact) mass is 342 g/mol. The van der Waals surface area contributed by atoms with E-state index < -0.39 is 0 Å². The minimum atomic E-state index is 0.265. The normalized spacial score (nSPS) is 14.1. The van der Waals surface area contributed by atoms with Crippen molar-refractivity contribution >= 4 is 29.2 Å². The smallest absolute Gasteiger partial charge is 0.279 e. The van der Waals surface area contributed by atoms with Gasteiger partial charge in [0.15, 0.2) is 5.69 Å². The molecule has 3 heterocycles. The maximum absolute atomic E-state index is 6.22. The van der Waals surface area contributed by atoms with E-state index in [1.54, 1.807) is 6.20 Å². The van der Waals surface area contributed by atoms with Gasteiger partial charge < -0.3 is 14.7 Å². The van der Waals surface area contributed by atoms with Crippen molar-refractivity contribution in [2.45, 2.75) is 12.8 Å². The third-order valence-corrected chi connectivity index (χ3v) is 4.06. The lowest BCUT2D eigenvalue weighted by atomic mass is 10.3.